The number of halogens is 3. The van der Waals surface area contributed by atoms with E-state index in [-0.39, 0.29) is 35.9 Å². The fourth-order valence-corrected chi connectivity index (χ4v) is 6.24. The van der Waals surface area contributed by atoms with E-state index in [1.165, 1.54) is 12.3 Å². The van der Waals surface area contributed by atoms with Gasteiger partial charge in [0, 0.05) is 68.1 Å². The first-order chi connectivity index (χ1) is 20.1. The number of aromatic nitrogens is 3. The molecular weight excluding hydrogens is 547 g/mol. The highest BCUT2D eigenvalue weighted by Crippen LogP contribution is 2.32. The lowest BCUT2D eigenvalue weighted by Crippen LogP contribution is -2.52. The van der Waals surface area contributed by atoms with Crippen molar-refractivity contribution < 1.29 is 22.8 Å². The number of benzene rings is 1. The minimum atomic E-state index is -4.55. The SMILES string of the molecule is Cc1cc(Cc2nccn3c(C4=CCN=C4C(F)(F)F)cnc23)ccc1C(=O)N1CCN(C(=O)[C@H]2CC[C@@H](N)C2)CC1. The van der Waals surface area contributed by atoms with E-state index < -0.39 is 11.9 Å². The molecule has 0 bridgehead atoms. The minimum Gasteiger partial charge on any atom is -0.339 e. The zero-order valence-corrected chi connectivity index (χ0v) is 23.3. The zero-order valence-electron chi connectivity index (χ0n) is 23.3. The number of nitrogens with two attached hydrogens (primary N) is 1. The summed E-state index contributed by atoms with van der Waals surface area (Å²) in [5.41, 5.74) is 8.79. The Kier molecular flexibility index (Phi) is 7.34. The highest BCUT2D eigenvalue weighted by molar-refractivity contribution is 6.27. The molecule has 12 heteroatoms. The minimum absolute atomic E-state index is 0.00283. The van der Waals surface area contributed by atoms with Gasteiger partial charge in [0.1, 0.15) is 5.71 Å². The van der Waals surface area contributed by atoms with E-state index in [1.807, 2.05) is 24.0 Å². The van der Waals surface area contributed by atoms with Crippen LogP contribution in [-0.4, -0.2) is 86.6 Å². The Bertz CT molecular complexity index is 1600. The molecule has 220 valence electrons. The number of carbonyl (C=O) groups is 2. The predicted molar refractivity (Wildman–Crippen MR) is 151 cm³/mol. The number of aliphatic imine (C=N–C) groups is 1. The summed E-state index contributed by atoms with van der Waals surface area (Å²) in [6, 6.07) is 5.70. The van der Waals surface area contributed by atoms with Gasteiger partial charge >= 0.3 is 6.18 Å². The lowest BCUT2D eigenvalue weighted by molar-refractivity contribution is -0.136. The van der Waals surface area contributed by atoms with Crippen LogP contribution in [-0.2, 0) is 11.2 Å². The smallest absolute Gasteiger partial charge is 0.339 e. The Hall–Kier alpha value is -4.06. The maximum Gasteiger partial charge on any atom is 0.433 e. The molecule has 0 spiro atoms. The summed E-state index contributed by atoms with van der Waals surface area (Å²) < 4.78 is 42.0. The van der Waals surface area contributed by atoms with E-state index in [9.17, 15) is 22.8 Å². The van der Waals surface area contributed by atoms with E-state index in [0.29, 0.717) is 55.2 Å². The Balaban J connectivity index is 1.13. The first-order valence-electron chi connectivity index (χ1n) is 14.2. The topological polar surface area (TPSA) is 109 Å². The van der Waals surface area contributed by atoms with Crippen molar-refractivity contribution in [2.45, 2.75) is 44.8 Å². The van der Waals surface area contributed by atoms with Crippen molar-refractivity contribution >= 4 is 28.7 Å². The van der Waals surface area contributed by atoms with Gasteiger partial charge in [-0.05, 0) is 43.4 Å². The van der Waals surface area contributed by atoms with Gasteiger partial charge in [-0.25, -0.2) is 4.98 Å². The summed E-state index contributed by atoms with van der Waals surface area (Å²) in [6.45, 7) is 3.85. The van der Waals surface area contributed by atoms with Crippen LogP contribution < -0.4 is 5.73 Å². The number of imidazole rings is 1. The Morgan fingerprint density at radius 3 is 2.52 bits per heavy atom. The Labute approximate surface area is 240 Å². The summed E-state index contributed by atoms with van der Waals surface area (Å²) in [5, 5.41) is 0. The van der Waals surface area contributed by atoms with Gasteiger partial charge < -0.3 is 15.5 Å². The number of nitrogens with zero attached hydrogens (tertiary/aromatic N) is 6. The van der Waals surface area contributed by atoms with Crippen LogP contribution in [0.25, 0.3) is 11.2 Å². The number of fused-ring (bicyclic) bond motifs is 1. The molecule has 2 atom stereocenters. The van der Waals surface area contributed by atoms with Crippen molar-refractivity contribution in [2.75, 3.05) is 32.7 Å². The van der Waals surface area contributed by atoms with Crippen molar-refractivity contribution in [3.8, 4) is 0 Å². The van der Waals surface area contributed by atoms with Gasteiger partial charge in [0.2, 0.25) is 5.91 Å². The molecule has 0 unspecified atom stereocenters. The van der Waals surface area contributed by atoms with Crippen molar-refractivity contribution in [2.24, 2.45) is 16.6 Å². The van der Waals surface area contributed by atoms with E-state index in [4.69, 9.17) is 5.73 Å². The highest BCUT2D eigenvalue weighted by Gasteiger charge is 2.40. The second-order valence-corrected chi connectivity index (χ2v) is 11.2. The van der Waals surface area contributed by atoms with Gasteiger partial charge in [0.05, 0.1) is 24.1 Å². The largest absolute Gasteiger partial charge is 0.433 e. The van der Waals surface area contributed by atoms with Gasteiger partial charge in [-0.1, -0.05) is 18.2 Å². The van der Waals surface area contributed by atoms with E-state index in [1.54, 1.807) is 27.8 Å². The number of aryl methyl sites for hydroxylation is 1. The number of hydrogen-bond acceptors (Lipinski definition) is 6. The summed E-state index contributed by atoms with van der Waals surface area (Å²) >= 11 is 0. The molecule has 2 aromatic heterocycles. The summed E-state index contributed by atoms with van der Waals surface area (Å²) in [4.78, 5) is 42.3. The summed E-state index contributed by atoms with van der Waals surface area (Å²) in [6.07, 6.45) is 4.31. The Morgan fingerprint density at radius 1 is 1.07 bits per heavy atom. The van der Waals surface area contributed by atoms with Crippen LogP contribution in [0.2, 0.25) is 0 Å². The third-order valence-corrected chi connectivity index (χ3v) is 8.44. The molecule has 1 aliphatic carbocycles. The maximum absolute atomic E-state index is 13.5. The lowest BCUT2D eigenvalue weighted by atomic mass is 10.0. The second kappa shape index (κ2) is 11.0. The van der Waals surface area contributed by atoms with Crippen LogP contribution in [0, 0.1) is 12.8 Å². The predicted octanol–water partition coefficient (Wildman–Crippen LogP) is 3.44. The van der Waals surface area contributed by atoms with Crippen LogP contribution in [0.15, 0.2) is 47.9 Å². The van der Waals surface area contributed by atoms with Crippen LogP contribution in [0.4, 0.5) is 13.2 Å². The van der Waals surface area contributed by atoms with Crippen LogP contribution >= 0.6 is 0 Å². The number of rotatable bonds is 5. The van der Waals surface area contributed by atoms with Gasteiger partial charge in [-0.3, -0.25) is 24.0 Å². The molecular formula is C30H32F3N7O2. The fourth-order valence-electron chi connectivity index (χ4n) is 6.24. The van der Waals surface area contributed by atoms with Gasteiger partial charge in [-0.2, -0.15) is 13.2 Å². The molecule has 2 N–H and O–H groups in total. The molecule has 3 aromatic rings. The van der Waals surface area contributed by atoms with Gasteiger partial charge in [0.25, 0.3) is 5.91 Å². The molecule has 1 aromatic carbocycles. The number of amides is 2. The van der Waals surface area contributed by atoms with Crippen LogP contribution in [0.5, 0.6) is 0 Å². The molecule has 4 heterocycles. The first kappa shape index (κ1) is 28.1. The van der Waals surface area contributed by atoms with Gasteiger partial charge in [0.15, 0.2) is 5.65 Å². The van der Waals surface area contributed by atoms with E-state index in [2.05, 4.69) is 15.0 Å². The quantitative estimate of drug-likeness (QED) is 0.498. The zero-order chi connectivity index (χ0) is 29.6. The first-order valence-corrected chi connectivity index (χ1v) is 14.2. The van der Waals surface area contributed by atoms with Crippen molar-refractivity contribution in [1.29, 1.82) is 0 Å². The average molecular weight is 580 g/mol. The van der Waals surface area contributed by atoms with E-state index in [0.717, 1.165) is 30.4 Å². The molecule has 1 saturated carbocycles. The monoisotopic (exact) mass is 579 g/mol. The third-order valence-electron chi connectivity index (χ3n) is 8.44. The third kappa shape index (κ3) is 5.31. The average Bonchev–Trinajstić information content (AvgIpc) is 3.72. The van der Waals surface area contributed by atoms with Crippen LogP contribution in [0.1, 0.15) is 52.1 Å². The Morgan fingerprint density at radius 2 is 1.83 bits per heavy atom. The summed E-state index contributed by atoms with van der Waals surface area (Å²) in [5.74, 6) is 0.0776. The molecule has 0 radical (unpaired) electrons. The summed E-state index contributed by atoms with van der Waals surface area (Å²) in [7, 11) is 0. The molecule has 2 aliphatic heterocycles. The molecule has 2 amide bonds. The van der Waals surface area contributed by atoms with Crippen molar-refractivity contribution in [1.82, 2.24) is 24.2 Å². The standard InChI is InChI=1S/C30H32F3N7O2/c1-18-14-19(2-5-22(18)29(42)39-12-10-38(11-13-39)28(41)20-3-4-21(34)16-20)15-24-27-37-17-25(40(27)9-8-35-24)23-6-7-36-26(23)30(31,32)33/h2,5-6,8-9,14,17,20-21H,3-4,7,10-13,15-16,34H2,1H3/t20-,21+/m0/s1. The van der Waals surface area contributed by atoms with Crippen LogP contribution in [0.3, 0.4) is 0 Å². The van der Waals surface area contributed by atoms with Crippen molar-refractivity contribution in [3.63, 3.8) is 0 Å². The molecule has 3 aliphatic rings. The molecule has 1 saturated heterocycles. The maximum atomic E-state index is 13.5. The molecule has 2 fully saturated rings. The van der Waals surface area contributed by atoms with E-state index >= 15 is 0 Å². The lowest BCUT2D eigenvalue weighted by Gasteiger charge is -2.36. The molecule has 42 heavy (non-hydrogen) atoms. The fraction of sp³-hybridized carbons (Fsp3) is 0.433. The second-order valence-electron chi connectivity index (χ2n) is 11.2. The van der Waals surface area contributed by atoms with Crippen molar-refractivity contribution in [3.05, 3.63) is 70.9 Å². The molecule has 9 nitrogen and oxygen atoms in total. The van der Waals surface area contributed by atoms with Gasteiger partial charge in [-0.15, -0.1) is 0 Å². The number of allylic oxidation sites excluding steroid dienone is 1. The number of hydrogen-bond donors (Lipinski definition) is 1. The number of alkyl halides is 3. The number of piperazine rings is 1. The molecule has 6 rings (SSSR count). The normalized spacial score (nSPS) is 21.2. The number of carbonyl (C=O) groups excluding carboxylic acids is 2. The highest BCUT2D eigenvalue weighted by atomic mass is 19.4.